The number of carbonyl (C=O) groups excluding carboxylic acids is 2. The van der Waals surface area contributed by atoms with Crippen molar-refractivity contribution in [2.75, 3.05) is 13.7 Å². The second-order valence-corrected chi connectivity index (χ2v) is 8.38. The predicted octanol–water partition coefficient (Wildman–Crippen LogP) is 5.41. The number of para-hydroxylation sites is 1. The molecule has 0 aliphatic carbocycles. The van der Waals surface area contributed by atoms with Crippen LogP contribution in [0.5, 0.6) is 11.5 Å². The monoisotopic (exact) mass is 441 g/mol. The number of hydrogen-bond donors (Lipinski definition) is 0. The van der Waals surface area contributed by atoms with E-state index in [0.717, 1.165) is 30.6 Å². The quantitative estimate of drug-likeness (QED) is 0.224. The molecular formula is C23H23NO4S2. The number of rotatable bonds is 9. The summed E-state index contributed by atoms with van der Waals surface area (Å²) in [6, 6.07) is 17.1. The van der Waals surface area contributed by atoms with Crippen LogP contribution in [0, 0.1) is 0 Å². The lowest BCUT2D eigenvalue weighted by atomic mass is 10.2. The van der Waals surface area contributed by atoms with E-state index in [1.165, 1.54) is 18.9 Å². The summed E-state index contributed by atoms with van der Waals surface area (Å²) in [4.78, 5) is 26.1. The lowest BCUT2D eigenvalue weighted by Gasteiger charge is -2.13. The van der Waals surface area contributed by atoms with Crippen molar-refractivity contribution in [1.82, 2.24) is 4.90 Å². The van der Waals surface area contributed by atoms with Gasteiger partial charge in [0.25, 0.3) is 5.91 Å². The molecule has 1 aliphatic heterocycles. The zero-order valence-corrected chi connectivity index (χ0v) is 18.3. The van der Waals surface area contributed by atoms with Crippen LogP contribution in [-0.2, 0) is 14.3 Å². The number of methoxy groups -OCH3 is 1. The molecule has 0 spiro atoms. The Hall–Kier alpha value is -2.64. The van der Waals surface area contributed by atoms with E-state index >= 15 is 0 Å². The normalized spacial score (nSPS) is 15.0. The average Bonchev–Trinajstić information content (AvgIpc) is 3.01. The number of nitrogens with zero attached hydrogens (tertiary/aromatic N) is 1. The molecule has 1 heterocycles. The molecular weight excluding hydrogens is 418 g/mol. The standard InChI is InChI=1S/C23H23NO4S2/c1-27-21(25)13-6-3-7-14-24-22(26)20(30-23(24)29)16-17-9-8-12-19(15-17)28-18-10-4-2-5-11-18/h2,4-5,8-12,15-16H,3,6-7,13-14H2,1H3/b20-16+. The van der Waals surface area contributed by atoms with Gasteiger partial charge in [-0.15, -0.1) is 0 Å². The van der Waals surface area contributed by atoms with Gasteiger partial charge < -0.3 is 9.47 Å². The number of amides is 1. The highest BCUT2D eigenvalue weighted by Gasteiger charge is 2.31. The largest absolute Gasteiger partial charge is 0.469 e. The van der Waals surface area contributed by atoms with Gasteiger partial charge in [0.05, 0.1) is 12.0 Å². The van der Waals surface area contributed by atoms with Crippen molar-refractivity contribution in [1.29, 1.82) is 0 Å². The third-order valence-corrected chi connectivity index (χ3v) is 5.88. The predicted molar refractivity (Wildman–Crippen MR) is 123 cm³/mol. The minimum absolute atomic E-state index is 0.0765. The Balaban J connectivity index is 1.58. The van der Waals surface area contributed by atoms with Crippen molar-refractivity contribution in [3.63, 3.8) is 0 Å². The molecule has 0 N–H and O–H groups in total. The number of benzene rings is 2. The molecule has 1 fully saturated rings. The van der Waals surface area contributed by atoms with Gasteiger partial charge in [-0.2, -0.15) is 0 Å². The Bertz CT molecular complexity index is 943. The summed E-state index contributed by atoms with van der Waals surface area (Å²) in [5.41, 5.74) is 0.877. The minimum Gasteiger partial charge on any atom is -0.469 e. The first kappa shape index (κ1) is 22.1. The Morgan fingerprint density at radius 3 is 2.60 bits per heavy atom. The van der Waals surface area contributed by atoms with Crippen LogP contribution in [-0.4, -0.2) is 34.8 Å². The first-order valence-electron chi connectivity index (χ1n) is 9.72. The van der Waals surface area contributed by atoms with Gasteiger partial charge in [-0.3, -0.25) is 14.5 Å². The van der Waals surface area contributed by atoms with E-state index in [0.29, 0.717) is 27.9 Å². The Morgan fingerprint density at radius 2 is 1.83 bits per heavy atom. The summed E-state index contributed by atoms with van der Waals surface area (Å²) < 4.78 is 11.1. The van der Waals surface area contributed by atoms with Crippen LogP contribution in [0.25, 0.3) is 6.08 Å². The van der Waals surface area contributed by atoms with Gasteiger partial charge in [-0.05, 0) is 48.7 Å². The Labute approximate surface area is 186 Å². The van der Waals surface area contributed by atoms with Crippen molar-refractivity contribution < 1.29 is 19.1 Å². The third kappa shape index (κ3) is 6.18. The van der Waals surface area contributed by atoms with E-state index in [-0.39, 0.29) is 11.9 Å². The Kier molecular flexibility index (Phi) is 8.04. The van der Waals surface area contributed by atoms with Crippen molar-refractivity contribution in [3.8, 4) is 11.5 Å². The molecule has 5 nitrogen and oxygen atoms in total. The van der Waals surface area contributed by atoms with Crippen molar-refractivity contribution in [2.45, 2.75) is 25.7 Å². The second-order valence-electron chi connectivity index (χ2n) is 6.71. The maximum Gasteiger partial charge on any atom is 0.305 e. The number of thioether (sulfide) groups is 1. The number of unbranched alkanes of at least 4 members (excludes halogenated alkanes) is 2. The fraction of sp³-hybridized carbons (Fsp3) is 0.261. The zero-order valence-electron chi connectivity index (χ0n) is 16.7. The van der Waals surface area contributed by atoms with Crippen molar-refractivity contribution in [2.24, 2.45) is 0 Å². The van der Waals surface area contributed by atoms with E-state index in [1.807, 2.05) is 60.7 Å². The second kappa shape index (κ2) is 10.9. The lowest BCUT2D eigenvalue weighted by molar-refractivity contribution is -0.140. The van der Waals surface area contributed by atoms with Gasteiger partial charge in [0.15, 0.2) is 0 Å². The fourth-order valence-electron chi connectivity index (χ4n) is 2.95. The van der Waals surface area contributed by atoms with E-state index in [1.54, 1.807) is 4.90 Å². The topological polar surface area (TPSA) is 55.8 Å². The van der Waals surface area contributed by atoms with Gasteiger partial charge in [0.2, 0.25) is 0 Å². The van der Waals surface area contributed by atoms with Gasteiger partial charge in [-0.1, -0.05) is 60.7 Å². The van der Waals surface area contributed by atoms with Crippen LogP contribution in [0.15, 0.2) is 59.5 Å². The average molecular weight is 442 g/mol. The zero-order chi connectivity index (χ0) is 21.3. The summed E-state index contributed by atoms with van der Waals surface area (Å²) in [7, 11) is 1.39. The Morgan fingerprint density at radius 1 is 1.07 bits per heavy atom. The molecule has 2 aromatic rings. The molecule has 0 atom stereocenters. The fourth-order valence-corrected chi connectivity index (χ4v) is 4.26. The van der Waals surface area contributed by atoms with Crippen LogP contribution in [0.1, 0.15) is 31.2 Å². The molecule has 2 aromatic carbocycles. The molecule has 7 heteroatoms. The number of carbonyl (C=O) groups is 2. The van der Waals surface area contributed by atoms with E-state index < -0.39 is 0 Å². The highest BCUT2D eigenvalue weighted by molar-refractivity contribution is 8.26. The molecule has 0 unspecified atom stereocenters. The van der Waals surface area contributed by atoms with Crippen LogP contribution in [0.4, 0.5) is 0 Å². The van der Waals surface area contributed by atoms with Gasteiger partial charge in [0, 0.05) is 13.0 Å². The number of ether oxygens (including phenoxy) is 2. The van der Waals surface area contributed by atoms with Crippen molar-refractivity contribution >= 4 is 46.3 Å². The van der Waals surface area contributed by atoms with E-state index in [4.69, 9.17) is 17.0 Å². The van der Waals surface area contributed by atoms with Crippen LogP contribution >= 0.6 is 24.0 Å². The maximum absolute atomic E-state index is 12.8. The summed E-state index contributed by atoms with van der Waals surface area (Å²) in [6.07, 6.45) is 4.61. The summed E-state index contributed by atoms with van der Waals surface area (Å²) >= 11 is 6.70. The number of esters is 1. The van der Waals surface area contributed by atoms with Crippen molar-refractivity contribution in [3.05, 3.63) is 65.1 Å². The third-order valence-electron chi connectivity index (χ3n) is 4.50. The molecule has 0 saturated carbocycles. The highest BCUT2D eigenvalue weighted by atomic mass is 32.2. The molecule has 30 heavy (non-hydrogen) atoms. The summed E-state index contributed by atoms with van der Waals surface area (Å²) in [5, 5.41) is 0. The van der Waals surface area contributed by atoms with Gasteiger partial charge >= 0.3 is 5.97 Å². The summed E-state index contributed by atoms with van der Waals surface area (Å²) in [5.74, 6) is 1.18. The SMILES string of the molecule is COC(=O)CCCCCN1C(=O)/C(=C\c2cccc(Oc3ccccc3)c2)SC1=S. The summed E-state index contributed by atoms with van der Waals surface area (Å²) in [6.45, 7) is 0.556. The van der Waals surface area contributed by atoms with Gasteiger partial charge in [0.1, 0.15) is 15.8 Å². The van der Waals surface area contributed by atoms with Crippen LogP contribution in [0.2, 0.25) is 0 Å². The van der Waals surface area contributed by atoms with Gasteiger partial charge in [-0.25, -0.2) is 0 Å². The minimum atomic E-state index is -0.206. The maximum atomic E-state index is 12.8. The lowest BCUT2D eigenvalue weighted by Crippen LogP contribution is -2.29. The molecule has 156 valence electrons. The number of thiocarbonyl (C=S) groups is 1. The molecule has 1 amide bonds. The van der Waals surface area contributed by atoms with E-state index in [2.05, 4.69) is 4.74 Å². The molecule has 1 saturated heterocycles. The molecule has 0 radical (unpaired) electrons. The van der Waals surface area contributed by atoms with Crippen LogP contribution < -0.4 is 4.74 Å². The number of hydrogen-bond acceptors (Lipinski definition) is 6. The van der Waals surface area contributed by atoms with E-state index in [9.17, 15) is 9.59 Å². The van der Waals surface area contributed by atoms with Crippen LogP contribution in [0.3, 0.4) is 0 Å². The molecule has 0 aromatic heterocycles. The first-order valence-corrected chi connectivity index (χ1v) is 10.9. The molecule has 1 aliphatic rings. The molecule has 0 bridgehead atoms. The highest BCUT2D eigenvalue weighted by Crippen LogP contribution is 2.33. The first-order chi connectivity index (χ1) is 14.6. The smallest absolute Gasteiger partial charge is 0.305 e. The molecule has 3 rings (SSSR count).